The summed E-state index contributed by atoms with van der Waals surface area (Å²) in [6.07, 6.45) is -5.33. The summed E-state index contributed by atoms with van der Waals surface area (Å²) < 4.78 is 75.6. The highest BCUT2D eigenvalue weighted by Crippen LogP contribution is 2.52. The number of carbonyl (C=O) groups excluding carboxylic acids is 2. The van der Waals surface area contributed by atoms with Crippen molar-refractivity contribution in [3.05, 3.63) is 129 Å². The molecule has 4 aromatic rings. The van der Waals surface area contributed by atoms with Crippen molar-refractivity contribution in [3.63, 3.8) is 0 Å². The molecule has 1 fully saturated rings. The van der Waals surface area contributed by atoms with Gasteiger partial charge in [-0.05, 0) is 82.5 Å². The predicted octanol–water partition coefficient (Wildman–Crippen LogP) is 8.42. The van der Waals surface area contributed by atoms with Crippen molar-refractivity contribution in [2.24, 2.45) is 5.41 Å². The number of halogens is 1. The minimum atomic E-state index is -2.41. The number of esters is 2. The Morgan fingerprint density at radius 1 is 0.812 bits per heavy atom. The number of benzene rings is 3. The molecule has 1 N–H and O–H groups in total. The minimum Gasteiger partial charge on any atom is -0.497 e. The van der Waals surface area contributed by atoms with E-state index in [0.29, 0.717) is 22.6 Å². The van der Waals surface area contributed by atoms with Crippen molar-refractivity contribution in [1.29, 1.82) is 0 Å². The van der Waals surface area contributed by atoms with Crippen LogP contribution >= 0.6 is 30.1 Å². The van der Waals surface area contributed by atoms with E-state index in [4.69, 9.17) is 42.2 Å². The van der Waals surface area contributed by atoms with E-state index < -0.39 is 80.6 Å². The SMILES string of the molecule is CCOC(=O)C(COCSSC(C)C)(COP(O[C@@H]1C(COC(c2ccccc2)(c2ccc(OC)cc2)c2ccc(OC)cc2)O[C@@H](n2ccc(=O)[nH]c2=O)[C@@H]1F)N(C(C)C)C(C)C)C(=O)OCC. The average molecular weight is 1020 g/mol. The van der Waals surface area contributed by atoms with E-state index in [9.17, 15) is 19.2 Å². The molecule has 5 atom stereocenters. The molecule has 1 aliphatic rings. The Balaban J connectivity index is 1.64. The molecule has 0 spiro atoms. The Hall–Kier alpha value is -4.30. The second kappa shape index (κ2) is 26.2. The summed E-state index contributed by atoms with van der Waals surface area (Å²) in [5, 5.41) is 0.288. The Kier molecular flexibility index (Phi) is 21.1. The molecular formula is C49H65FN3O13PS2. The van der Waals surface area contributed by atoms with Crippen molar-refractivity contribution < 1.29 is 56.2 Å². The molecule has 2 heterocycles. The summed E-state index contributed by atoms with van der Waals surface area (Å²) >= 11 is 0. The van der Waals surface area contributed by atoms with Crippen LogP contribution in [-0.4, -0.2) is 115 Å². The standard InChI is InChI=1S/C49H65FN3O13PS2/c1-11-61-45(55)48(46(56)62-12-2,29-60-31-68-69-34(7)8)30-64-67(53(32(3)4)33(5)6)66-43-40(65-44(42(43)50)52-27-26-41(54)51-47(52)57)28-63-49(35-16-14-13-15-17-35,36-18-22-38(58-9)23-19-36)37-20-24-39(59-10)25-21-37/h13-27,32-34,40,42-44H,11-12,28-31H2,1-10H3,(H,51,54,57)/t40?,42-,43-,44-,67?/m1/s1. The fourth-order valence-electron chi connectivity index (χ4n) is 7.79. The summed E-state index contributed by atoms with van der Waals surface area (Å²) in [5.74, 6) is -0.503. The van der Waals surface area contributed by atoms with E-state index in [1.807, 2.05) is 125 Å². The van der Waals surface area contributed by atoms with Gasteiger partial charge in [0, 0.05) is 29.6 Å². The van der Waals surface area contributed by atoms with Crippen LogP contribution in [0.1, 0.15) is 78.3 Å². The Morgan fingerprint density at radius 3 is 1.86 bits per heavy atom. The molecule has 0 aliphatic carbocycles. The van der Waals surface area contributed by atoms with Crippen LogP contribution in [0.2, 0.25) is 0 Å². The van der Waals surface area contributed by atoms with Gasteiger partial charge in [0.25, 0.3) is 14.1 Å². The van der Waals surface area contributed by atoms with E-state index in [0.717, 1.165) is 22.4 Å². The maximum absolute atomic E-state index is 17.7. The van der Waals surface area contributed by atoms with Gasteiger partial charge in [-0.1, -0.05) is 90.0 Å². The van der Waals surface area contributed by atoms with Crippen molar-refractivity contribution in [2.75, 3.05) is 53.2 Å². The number of rotatable bonds is 27. The van der Waals surface area contributed by atoms with Crippen molar-refractivity contribution in [2.45, 2.75) is 103 Å². The van der Waals surface area contributed by atoms with Gasteiger partial charge in [0.05, 0.1) is 47.3 Å². The molecule has 69 heavy (non-hydrogen) atoms. The lowest BCUT2D eigenvalue weighted by Gasteiger charge is -2.40. The number of carbonyl (C=O) groups is 2. The number of aromatic nitrogens is 2. The van der Waals surface area contributed by atoms with Crippen molar-refractivity contribution in [1.82, 2.24) is 14.2 Å². The third-order valence-corrected chi connectivity index (χ3v) is 15.7. The Bertz CT molecular complexity index is 2270. The maximum atomic E-state index is 17.7. The van der Waals surface area contributed by atoms with Crippen LogP contribution in [0.5, 0.6) is 11.5 Å². The Labute approximate surface area is 412 Å². The lowest BCUT2D eigenvalue weighted by Crippen LogP contribution is -2.50. The van der Waals surface area contributed by atoms with Crippen molar-refractivity contribution >= 4 is 42.1 Å². The largest absolute Gasteiger partial charge is 0.497 e. The second-order valence-corrected chi connectivity index (χ2v) is 21.0. The lowest BCUT2D eigenvalue weighted by atomic mass is 9.80. The van der Waals surface area contributed by atoms with Gasteiger partial charge < -0.3 is 42.2 Å². The molecule has 3 aromatic carbocycles. The molecule has 378 valence electrons. The lowest BCUT2D eigenvalue weighted by molar-refractivity contribution is -0.179. The van der Waals surface area contributed by atoms with Gasteiger partial charge in [-0.2, -0.15) is 0 Å². The second-order valence-electron chi connectivity index (χ2n) is 16.7. The molecule has 0 bridgehead atoms. The molecular weight excluding hydrogens is 953 g/mol. The highest BCUT2D eigenvalue weighted by atomic mass is 33.1. The molecule has 1 aliphatic heterocycles. The topological polar surface area (TPSA) is 175 Å². The van der Waals surface area contributed by atoms with E-state index in [1.165, 1.54) is 10.8 Å². The normalized spacial score (nSPS) is 18.0. The van der Waals surface area contributed by atoms with Crippen LogP contribution in [-0.2, 0) is 47.9 Å². The highest BCUT2D eigenvalue weighted by Gasteiger charge is 2.54. The molecule has 2 unspecified atom stereocenters. The van der Waals surface area contributed by atoms with Gasteiger partial charge >= 0.3 is 17.6 Å². The molecule has 0 radical (unpaired) electrons. The molecule has 5 rings (SSSR count). The van der Waals surface area contributed by atoms with Crippen LogP contribution < -0.4 is 20.7 Å². The van der Waals surface area contributed by atoms with Crippen LogP contribution in [0.4, 0.5) is 4.39 Å². The zero-order valence-corrected chi connectivity index (χ0v) is 43.3. The van der Waals surface area contributed by atoms with Gasteiger partial charge in [-0.3, -0.25) is 23.9 Å². The van der Waals surface area contributed by atoms with Gasteiger partial charge in [0.2, 0.25) is 5.41 Å². The number of ether oxygens (including phenoxy) is 7. The zero-order chi connectivity index (χ0) is 50.3. The summed E-state index contributed by atoms with van der Waals surface area (Å²) in [5.41, 5.74) is -2.98. The predicted molar refractivity (Wildman–Crippen MR) is 265 cm³/mol. The number of methoxy groups -OCH3 is 2. The fraction of sp³-hybridized carbons (Fsp3) is 0.510. The molecule has 1 saturated heterocycles. The minimum absolute atomic E-state index is 0.0546. The maximum Gasteiger partial charge on any atom is 0.330 e. The van der Waals surface area contributed by atoms with E-state index >= 15 is 4.39 Å². The van der Waals surface area contributed by atoms with Gasteiger partial charge in [-0.15, -0.1) is 0 Å². The summed E-state index contributed by atoms with van der Waals surface area (Å²) in [7, 11) is 3.72. The van der Waals surface area contributed by atoms with Crippen LogP contribution in [0.15, 0.2) is 101 Å². The molecule has 0 saturated carbocycles. The monoisotopic (exact) mass is 1020 g/mol. The van der Waals surface area contributed by atoms with Crippen molar-refractivity contribution in [3.8, 4) is 11.5 Å². The first kappa shape index (κ1) is 55.6. The number of hydrogen-bond acceptors (Lipinski definition) is 16. The van der Waals surface area contributed by atoms with Crippen LogP contribution in [0.25, 0.3) is 0 Å². The zero-order valence-electron chi connectivity index (χ0n) is 40.8. The van der Waals surface area contributed by atoms with Crippen LogP contribution in [0.3, 0.4) is 0 Å². The number of nitrogens with one attached hydrogen (secondary N) is 1. The summed E-state index contributed by atoms with van der Waals surface area (Å²) in [6.45, 7) is 13.4. The third-order valence-electron chi connectivity index (χ3n) is 11.0. The van der Waals surface area contributed by atoms with Gasteiger partial charge in [0.15, 0.2) is 12.4 Å². The number of H-pyrrole nitrogens is 1. The summed E-state index contributed by atoms with van der Waals surface area (Å²) in [6, 6.07) is 24.7. The quantitative estimate of drug-likeness (QED) is 0.0115. The van der Waals surface area contributed by atoms with Crippen LogP contribution in [0, 0.1) is 5.41 Å². The van der Waals surface area contributed by atoms with E-state index in [1.54, 1.807) is 38.9 Å². The van der Waals surface area contributed by atoms with E-state index in [-0.39, 0.29) is 43.1 Å². The van der Waals surface area contributed by atoms with E-state index in [2.05, 4.69) is 4.98 Å². The first-order chi connectivity index (χ1) is 33.1. The first-order valence-corrected chi connectivity index (χ1v) is 26.3. The third kappa shape index (κ3) is 13.6. The number of alkyl halides is 1. The first-order valence-electron chi connectivity index (χ1n) is 22.7. The van der Waals surface area contributed by atoms with Gasteiger partial charge in [0.1, 0.15) is 35.2 Å². The molecule has 16 nitrogen and oxygen atoms in total. The smallest absolute Gasteiger partial charge is 0.330 e. The average Bonchev–Trinajstić information content (AvgIpc) is 3.63. The number of hydrogen-bond donors (Lipinski definition) is 1. The number of aromatic amines is 1. The highest BCUT2D eigenvalue weighted by molar-refractivity contribution is 8.76. The fourth-order valence-corrected chi connectivity index (χ4v) is 11.3. The van der Waals surface area contributed by atoms with Gasteiger partial charge in [-0.25, -0.2) is 13.9 Å². The molecule has 1 aromatic heterocycles. The summed E-state index contributed by atoms with van der Waals surface area (Å²) in [4.78, 5) is 55.7. The Morgan fingerprint density at radius 2 is 1.36 bits per heavy atom. The molecule has 20 heteroatoms. The molecule has 0 amide bonds. The number of nitrogens with zero attached hydrogens (tertiary/aromatic N) is 2.